The first kappa shape index (κ1) is 12.5. The third-order valence-electron chi connectivity index (χ3n) is 3.99. The van der Waals surface area contributed by atoms with Crippen LogP contribution in [0.3, 0.4) is 0 Å². The molecule has 1 saturated carbocycles. The summed E-state index contributed by atoms with van der Waals surface area (Å²) >= 11 is 0. The third-order valence-corrected chi connectivity index (χ3v) is 3.99. The molecule has 1 heterocycles. The maximum Gasteiger partial charge on any atom is 0.407 e. The molecule has 4 nitrogen and oxygen atoms in total. The average molecular weight is 261 g/mol. The van der Waals surface area contributed by atoms with Crippen LogP contribution in [0.5, 0.6) is 0 Å². The normalized spacial score (nSPS) is 28.9. The van der Waals surface area contributed by atoms with Gasteiger partial charge in [0.1, 0.15) is 6.61 Å². The lowest BCUT2D eigenvalue weighted by molar-refractivity contribution is 0.0438. The van der Waals surface area contributed by atoms with E-state index >= 15 is 0 Å². The van der Waals surface area contributed by atoms with Gasteiger partial charge in [0.15, 0.2) is 0 Å². The molecule has 1 aromatic rings. The number of ether oxygens (including phenoxy) is 2. The van der Waals surface area contributed by atoms with Crippen molar-refractivity contribution in [3.05, 3.63) is 35.9 Å². The summed E-state index contributed by atoms with van der Waals surface area (Å²) in [7, 11) is 0. The number of nitrogens with one attached hydrogen (secondary N) is 1. The summed E-state index contributed by atoms with van der Waals surface area (Å²) in [5.41, 5.74) is 1.01. The Morgan fingerprint density at radius 3 is 2.89 bits per heavy atom. The molecule has 0 radical (unpaired) electrons. The maximum absolute atomic E-state index is 11.8. The molecule has 2 unspecified atom stereocenters. The largest absolute Gasteiger partial charge is 0.445 e. The molecule has 1 saturated heterocycles. The van der Waals surface area contributed by atoms with E-state index in [1.165, 1.54) is 6.42 Å². The van der Waals surface area contributed by atoms with Gasteiger partial charge < -0.3 is 14.8 Å². The molecule has 19 heavy (non-hydrogen) atoms. The Morgan fingerprint density at radius 2 is 2.11 bits per heavy atom. The van der Waals surface area contributed by atoms with Crippen LogP contribution in [-0.2, 0) is 16.1 Å². The molecular formula is C15H19NO3. The highest BCUT2D eigenvalue weighted by Gasteiger charge is 2.38. The summed E-state index contributed by atoms with van der Waals surface area (Å²) < 4.78 is 10.8. The molecule has 2 fully saturated rings. The zero-order valence-electron chi connectivity index (χ0n) is 10.9. The summed E-state index contributed by atoms with van der Waals surface area (Å²) in [5.74, 6) is 1.07. The number of rotatable bonds is 3. The fourth-order valence-electron chi connectivity index (χ4n) is 3.04. The Morgan fingerprint density at radius 1 is 1.26 bits per heavy atom. The monoisotopic (exact) mass is 261 g/mol. The van der Waals surface area contributed by atoms with E-state index in [9.17, 15) is 4.79 Å². The SMILES string of the molecule is O=C(N[C@@H]1CC2COCC1C2)OCc1ccccc1. The molecule has 2 aliphatic rings. The van der Waals surface area contributed by atoms with Gasteiger partial charge in [0.2, 0.25) is 0 Å². The molecule has 1 aliphatic heterocycles. The summed E-state index contributed by atoms with van der Waals surface area (Å²) in [4.78, 5) is 11.8. The molecule has 1 N–H and O–H groups in total. The van der Waals surface area contributed by atoms with Gasteiger partial charge in [-0.2, -0.15) is 0 Å². The van der Waals surface area contributed by atoms with Crippen LogP contribution in [0, 0.1) is 11.8 Å². The fraction of sp³-hybridized carbons (Fsp3) is 0.533. The zero-order valence-corrected chi connectivity index (χ0v) is 10.9. The molecule has 1 aromatic carbocycles. The third kappa shape index (κ3) is 3.07. The Hall–Kier alpha value is -1.55. The summed E-state index contributed by atoms with van der Waals surface area (Å²) in [5, 5.41) is 2.98. The van der Waals surface area contributed by atoms with Crippen LogP contribution in [0.1, 0.15) is 18.4 Å². The number of hydrogen-bond donors (Lipinski definition) is 1. The molecular weight excluding hydrogens is 242 g/mol. The van der Waals surface area contributed by atoms with Crippen LogP contribution in [0.15, 0.2) is 30.3 Å². The van der Waals surface area contributed by atoms with E-state index in [4.69, 9.17) is 9.47 Å². The first-order valence-electron chi connectivity index (χ1n) is 6.86. The quantitative estimate of drug-likeness (QED) is 0.908. The Labute approximate surface area is 113 Å². The lowest BCUT2D eigenvalue weighted by Crippen LogP contribution is -2.38. The van der Waals surface area contributed by atoms with Crippen LogP contribution in [-0.4, -0.2) is 25.3 Å². The smallest absolute Gasteiger partial charge is 0.407 e. The molecule has 3 atom stereocenters. The minimum absolute atomic E-state index is 0.218. The number of alkyl carbamates (subject to hydrolysis) is 1. The first-order chi connectivity index (χ1) is 9.31. The van der Waals surface area contributed by atoms with Crippen LogP contribution in [0.25, 0.3) is 0 Å². The topological polar surface area (TPSA) is 47.6 Å². The number of carbonyl (C=O) groups excluding carboxylic acids is 1. The van der Waals surface area contributed by atoms with Gasteiger partial charge in [-0.3, -0.25) is 0 Å². The Kier molecular flexibility index (Phi) is 3.69. The molecule has 4 heteroatoms. The summed E-state index contributed by atoms with van der Waals surface area (Å²) in [6.07, 6.45) is 1.87. The van der Waals surface area contributed by atoms with Crippen molar-refractivity contribution in [1.29, 1.82) is 0 Å². The second-order valence-electron chi connectivity index (χ2n) is 5.45. The van der Waals surface area contributed by atoms with Gasteiger partial charge in [-0.15, -0.1) is 0 Å². The predicted octanol–water partition coefficient (Wildman–Crippen LogP) is 2.34. The second-order valence-corrected chi connectivity index (χ2v) is 5.45. The van der Waals surface area contributed by atoms with Gasteiger partial charge in [-0.05, 0) is 24.3 Å². The summed E-state index contributed by atoms with van der Waals surface area (Å²) in [6, 6.07) is 9.94. The van der Waals surface area contributed by atoms with E-state index in [0.717, 1.165) is 25.2 Å². The van der Waals surface area contributed by atoms with Crippen molar-refractivity contribution >= 4 is 6.09 Å². The number of benzene rings is 1. The molecule has 2 bridgehead atoms. The van der Waals surface area contributed by atoms with Crippen molar-refractivity contribution in [3.8, 4) is 0 Å². The number of amides is 1. The number of carbonyl (C=O) groups is 1. The zero-order chi connectivity index (χ0) is 13.1. The standard InChI is InChI=1S/C15H19NO3/c17-15(19-9-11-4-2-1-3-5-11)16-14-7-12-6-13(14)10-18-8-12/h1-5,12-14H,6-10H2,(H,16,17)/t12?,13?,14-/m1/s1. The first-order valence-corrected chi connectivity index (χ1v) is 6.86. The lowest BCUT2D eigenvalue weighted by atomic mass is 10.0. The van der Waals surface area contributed by atoms with E-state index in [2.05, 4.69) is 5.32 Å². The van der Waals surface area contributed by atoms with Crippen molar-refractivity contribution in [3.63, 3.8) is 0 Å². The van der Waals surface area contributed by atoms with Crippen molar-refractivity contribution in [1.82, 2.24) is 5.32 Å². The van der Waals surface area contributed by atoms with Crippen LogP contribution >= 0.6 is 0 Å². The molecule has 1 amide bonds. The molecule has 1 aliphatic carbocycles. The second kappa shape index (κ2) is 5.61. The Balaban J connectivity index is 1.46. The molecule has 0 spiro atoms. The van der Waals surface area contributed by atoms with Crippen LogP contribution in [0.2, 0.25) is 0 Å². The van der Waals surface area contributed by atoms with E-state index in [0.29, 0.717) is 18.4 Å². The summed E-state index contributed by atoms with van der Waals surface area (Å²) in [6.45, 7) is 1.93. The van der Waals surface area contributed by atoms with Gasteiger partial charge in [0.05, 0.1) is 6.61 Å². The highest BCUT2D eigenvalue weighted by molar-refractivity contribution is 5.67. The minimum Gasteiger partial charge on any atom is -0.445 e. The van der Waals surface area contributed by atoms with Gasteiger partial charge in [-0.25, -0.2) is 4.79 Å². The maximum atomic E-state index is 11.8. The predicted molar refractivity (Wildman–Crippen MR) is 70.6 cm³/mol. The lowest BCUT2D eigenvalue weighted by Gasteiger charge is -2.21. The highest BCUT2D eigenvalue weighted by atomic mass is 16.5. The minimum atomic E-state index is -0.318. The molecule has 0 aromatic heterocycles. The average Bonchev–Trinajstić information content (AvgIpc) is 2.72. The van der Waals surface area contributed by atoms with Crippen molar-refractivity contribution in [2.45, 2.75) is 25.5 Å². The van der Waals surface area contributed by atoms with E-state index in [1.54, 1.807) is 0 Å². The van der Waals surface area contributed by atoms with Crippen LogP contribution < -0.4 is 5.32 Å². The number of hydrogen-bond acceptors (Lipinski definition) is 3. The van der Waals surface area contributed by atoms with Gasteiger partial charge in [0, 0.05) is 18.6 Å². The van der Waals surface area contributed by atoms with Crippen LogP contribution in [0.4, 0.5) is 4.79 Å². The van der Waals surface area contributed by atoms with Gasteiger partial charge >= 0.3 is 6.09 Å². The van der Waals surface area contributed by atoms with Crippen molar-refractivity contribution in [2.75, 3.05) is 13.2 Å². The van der Waals surface area contributed by atoms with Crippen molar-refractivity contribution < 1.29 is 14.3 Å². The van der Waals surface area contributed by atoms with E-state index in [-0.39, 0.29) is 12.1 Å². The van der Waals surface area contributed by atoms with Crippen molar-refractivity contribution in [2.24, 2.45) is 11.8 Å². The molecule has 102 valence electrons. The van der Waals surface area contributed by atoms with E-state index in [1.807, 2.05) is 30.3 Å². The van der Waals surface area contributed by atoms with Gasteiger partial charge in [0.25, 0.3) is 0 Å². The van der Waals surface area contributed by atoms with Gasteiger partial charge in [-0.1, -0.05) is 30.3 Å². The highest BCUT2D eigenvalue weighted by Crippen LogP contribution is 2.35. The van der Waals surface area contributed by atoms with E-state index < -0.39 is 0 Å². The number of fused-ring (bicyclic) bond motifs is 2. The fourth-order valence-corrected chi connectivity index (χ4v) is 3.04. The molecule has 3 rings (SSSR count). The Bertz CT molecular complexity index is 434.